The summed E-state index contributed by atoms with van der Waals surface area (Å²) in [6.07, 6.45) is -1.76. The van der Waals surface area contributed by atoms with Gasteiger partial charge in [0.05, 0.1) is 16.9 Å². The maximum atomic E-state index is 12.6. The Morgan fingerprint density at radius 3 is 2.16 bits per heavy atom. The molecule has 1 aliphatic rings. The number of amides is 1. The molecule has 0 radical (unpaired) electrons. The van der Waals surface area contributed by atoms with Crippen LogP contribution in [-0.2, 0) is 25.2 Å². The normalized spacial score (nSPS) is 13.7. The summed E-state index contributed by atoms with van der Waals surface area (Å²) in [5, 5.41) is 4.37. The van der Waals surface area contributed by atoms with Crippen LogP contribution in [0, 0.1) is 0 Å². The molecule has 2 aromatic heterocycles. The molecule has 4 rings (SSSR count). The number of nitrogens with zero attached hydrogens (tertiary/aromatic N) is 3. The van der Waals surface area contributed by atoms with E-state index in [0.29, 0.717) is 5.69 Å². The van der Waals surface area contributed by atoms with E-state index in [-0.39, 0.29) is 5.56 Å². The molecule has 1 aliphatic carbocycles. The van der Waals surface area contributed by atoms with Gasteiger partial charge in [-0.05, 0) is 67.6 Å². The molecular formula is C21H18F6N4O. The second-order valence-electron chi connectivity index (χ2n) is 7.09. The lowest BCUT2D eigenvalue weighted by molar-refractivity contribution is -0.141. The van der Waals surface area contributed by atoms with Gasteiger partial charge in [0.25, 0.3) is 0 Å². The molecule has 1 amide bonds. The highest BCUT2D eigenvalue weighted by Crippen LogP contribution is 2.30. The summed E-state index contributed by atoms with van der Waals surface area (Å²) in [6.45, 7) is 0. The van der Waals surface area contributed by atoms with Gasteiger partial charge in [0.2, 0.25) is 5.91 Å². The molecule has 5 nitrogen and oxygen atoms in total. The van der Waals surface area contributed by atoms with Crippen molar-refractivity contribution in [2.24, 2.45) is 5.73 Å². The number of aryl methyl sites for hydroxylation is 2. The van der Waals surface area contributed by atoms with E-state index in [1.807, 2.05) is 6.20 Å². The molecule has 2 N–H and O–H groups in total. The van der Waals surface area contributed by atoms with Gasteiger partial charge in [0, 0.05) is 18.0 Å². The van der Waals surface area contributed by atoms with E-state index in [4.69, 9.17) is 5.73 Å². The van der Waals surface area contributed by atoms with Gasteiger partial charge in [-0.2, -0.15) is 31.4 Å². The number of aromatic nitrogens is 3. The lowest BCUT2D eigenvalue weighted by Crippen LogP contribution is -2.11. The minimum absolute atomic E-state index is 0.0630. The van der Waals surface area contributed by atoms with Gasteiger partial charge < -0.3 is 5.73 Å². The van der Waals surface area contributed by atoms with E-state index in [1.165, 1.54) is 16.9 Å². The highest BCUT2D eigenvalue weighted by molar-refractivity contribution is 5.92. The Morgan fingerprint density at radius 2 is 1.59 bits per heavy atom. The second kappa shape index (κ2) is 9.01. The monoisotopic (exact) mass is 456 g/mol. The van der Waals surface area contributed by atoms with Gasteiger partial charge in [-0.3, -0.25) is 9.78 Å². The maximum absolute atomic E-state index is 12.6. The standard InChI is InChI=1S/C13H12F3N3.C8H6F3NO/c14-13(15,16)12-7-10(5-6-17-12)19-8-9-3-1-2-4-11(9)18-19;9-8(10,11)6-3-1-5(2-4-6)7(12)13/h5-8H,1-4H2;1-4H,(H2,12,13). The van der Waals surface area contributed by atoms with Crippen LogP contribution in [0.4, 0.5) is 26.3 Å². The first-order chi connectivity index (χ1) is 14.9. The minimum Gasteiger partial charge on any atom is -0.366 e. The quantitative estimate of drug-likeness (QED) is 0.554. The first-order valence-corrected chi connectivity index (χ1v) is 9.53. The van der Waals surface area contributed by atoms with Crippen LogP contribution in [-0.4, -0.2) is 20.7 Å². The van der Waals surface area contributed by atoms with E-state index in [9.17, 15) is 31.1 Å². The van der Waals surface area contributed by atoms with E-state index in [0.717, 1.165) is 67.3 Å². The Balaban J connectivity index is 0.000000195. The van der Waals surface area contributed by atoms with Crippen molar-refractivity contribution in [3.8, 4) is 5.69 Å². The second-order valence-corrected chi connectivity index (χ2v) is 7.09. The van der Waals surface area contributed by atoms with Crippen molar-refractivity contribution in [3.05, 3.63) is 76.9 Å². The Labute approximate surface area is 178 Å². The predicted molar refractivity (Wildman–Crippen MR) is 103 cm³/mol. The highest BCUT2D eigenvalue weighted by Gasteiger charge is 2.33. The number of fused-ring (bicyclic) bond motifs is 1. The number of carbonyl (C=O) groups is 1. The summed E-state index contributed by atoms with van der Waals surface area (Å²) in [6, 6.07) is 6.29. The van der Waals surface area contributed by atoms with Crippen LogP contribution in [0.5, 0.6) is 0 Å². The third kappa shape index (κ3) is 5.65. The van der Waals surface area contributed by atoms with Crippen molar-refractivity contribution in [2.75, 3.05) is 0 Å². The first kappa shape index (κ1) is 23.3. The van der Waals surface area contributed by atoms with Crippen molar-refractivity contribution in [1.29, 1.82) is 0 Å². The van der Waals surface area contributed by atoms with Crippen LogP contribution in [0.15, 0.2) is 48.8 Å². The van der Waals surface area contributed by atoms with Gasteiger partial charge in [-0.15, -0.1) is 0 Å². The van der Waals surface area contributed by atoms with Crippen LogP contribution in [0.2, 0.25) is 0 Å². The van der Waals surface area contributed by atoms with Crippen molar-refractivity contribution in [3.63, 3.8) is 0 Å². The molecule has 0 spiro atoms. The average molecular weight is 456 g/mol. The van der Waals surface area contributed by atoms with Crippen LogP contribution < -0.4 is 5.73 Å². The van der Waals surface area contributed by atoms with Gasteiger partial charge in [0.1, 0.15) is 5.69 Å². The summed E-state index contributed by atoms with van der Waals surface area (Å²) in [7, 11) is 0. The Morgan fingerprint density at radius 1 is 0.938 bits per heavy atom. The predicted octanol–water partition coefficient (Wildman–Crippen LogP) is 4.97. The SMILES string of the molecule is FC(F)(F)c1cc(-n2cc3c(n2)CCCC3)ccn1.NC(=O)c1ccc(C(F)(F)F)cc1. The largest absolute Gasteiger partial charge is 0.433 e. The highest BCUT2D eigenvalue weighted by atomic mass is 19.4. The number of primary amides is 1. The Kier molecular flexibility index (Phi) is 6.56. The number of alkyl halides is 6. The molecule has 0 atom stereocenters. The Bertz CT molecular complexity index is 1060. The molecule has 0 fully saturated rings. The summed E-state index contributed by atoms with van der Waals surface area (Å²) in [5.74, 6) is -0.742. The molecule has 2 heterocycles. The van der Waals surface area contributed by atoms with Crippen LogP contribution in [0.25, 0.3) is 5.69 Å². The fraction of sp³-hybridized carbons (Fsp3) is 0.286. The number of benzene rings is 1. The zero-order valence-corrected chi connectivity index (χ0v) is 16.5. The molecule has 11 heteroatoms. The number of hydrogen-bond acceptors (Lipinski definition) is 3. The van der Waals surface area contributed by atoms with Gasteiger partial charge in [-0.25, -0.2) is 4.68 Å². The van der Waals surface area contributed by atoms with Crippen molar-refractivity contribution < 1.29 is 31.1 Å². The summed E-state index contributed by atoms with van der Waals surface area (Å²) in [5.41, 5.74) is 5.76. The van der Waals surface area contributed by atoms with Gasteiger partial charge >= 0.3 is 12.4 Å². The smallest absolute Gasteiger partial charge is 0.366 e. The molecule has 0 saturated heterocycles. The lowest BCUT2D eigenvalue weighted by Gasteiger charge is -2.07. The topological polar surface area (TPSA) is 73.8 Å². The fourth-order valence-corrected chi connectivity index (χ4v) is 3.15. The maximum Gasteiger partial charge on any atom is 0.433 e. The molecule has 3 aromatic rings. The number of nitrogens with two attached hydrogens (primary N) is 1. The first-order valence-electron chi connectivity index (χ1n) is 9.53. The van der Waals surface area contributed by atoms with E-state index in [2.05, 4.69) is 10.1 Å². The van der Waals surface area contributed by atoms with Crippen molar-refractivity contribution >= 4 is 5.91 Å². The summed E-state index contributed by atoms with van der Waals surface area (Å²) in [4.78, 5) is 13.9. The number of carbonyl (C=O) groups excluding carboxylic acids is 1. The third-order valence-corrected chi connectivity index (χ3v) is 4.78. The third-order valence-electron chi connectivity index (χ3n) is 4.78. The number of pyridine rings is 1. The van der Waals surface area contributed by atoms with Crippen molar-refractivity contribution in [1.82, 2.24) is 14.8 Å². The van der Waals surface area contributed by atoms with Crippen LogP contribution in [0.3, 0.4) is 0 Å². The molecule has 0 aliphatic heterocycles. The Hall–Kier alpha value is -3.37. The molecule has 0 unspecified atom stereocenters. The van der Waals surface area contributed by atoms with Gasteiger partial charge in [0.15, 0.2) is 0 Å². The van der Waals surface area contributed by atoms with E-state index < -0.39 is 29.5 Å². The number of rotatable bonds is 2. The van der Waals surface area contributed by atoms with Gasteiger partial charge in [-0.1, -0.05) is 0 Å². The molecule has 1 aromatic carbocycles. The van der Waals surface area contributed by atoms with Crippen molar-refractivity contribution in [2.45, 2.75) is 38.0 Å². The van der Waals surface area contributed by atoms with Crippen LogP contribution >= 0.6 is 0 Å². The summed E-state index contributed by atoms with van der Waals surface area (Å²) < 4.78 is 75.4. The van der Waals surface area contributed by atoms with Crippen LogP contribution in [0.1, 0.15) is 45.7 Å². The van der Waals surface area contributed by atoms with E-state index >= 15 is 0 Å². The molecule has 32 heavy (non-hydrogen) atoms. The fourth-order valence-electron chi connectivity index (χ4n) is 3.15. The number of halogens is 6. The minimum atomic E-state index is -4.43. The number of hydrogen-bond donors (Lipinski definition) is 1. The zero-order chi connectivity index (χ0) is 23.5. The van der Waals surface area contributed by atoms with E-state index in [1.54, 1.807) is 0 Å². The zero-order valence-electron chi connectivity index (χ0n) is 16.5. The lowest BCUT2D eigenvalue weighted by atomic mass is 9.99. The molecule has 0 bridgehead atoms. The summed E-state index contributed by atoms with van der Waals surface area (Å²) >= 11 is 0. The average Bonchev–Trinajstić information content (AvgIpc) is 3.17. The molecule has 170 valence electrons. The molecule has 0 saturated carbocycles. The molecular weight excluding hydrogens is 438 g/mol.